The van der Waals surface area contributed by atoms with Gasteiger partial charge in [0.25, 0.3) is 5.91 Å². The molecule has 7 nitrogen and oxygen atoms in total. The molecule has 3 rings (SSSR count). The van der Waals surface area contributed by atoms with E-state index in [0.717, 1.165) is 4.90 Å². The minimum atomic E-state index is -0.949. The molecule has 1 saturated heterocycles. The van der Waals surface area contributed by atoms with E-state index in [1.165, 1.54) is 13.2 Å². The van der Waals surface area contributed by atoms with Crippen LogP contribution in [0.1, 0.15) is 19.4 Å². The lowest BCUT2D eigenvalue weighted by Gasteiger charge is -2.16. The van der Waals surface area contributed by atoms with Gasteiger partial charge in [-0.15, -0.1) is 0 Å². The molecule has 23 heavy (non-hydrogen) atoms. The van der Waals surface area contributed by atoms with Crippen molar-refractivity contribution < 1.29 is 18.7 Å². The summed E-state index contributed by atoms with van der Waals surface area (Å²) in [6.45, 7) is 3.27. The zero-order chi connectivity index (χ0) is 16.8. The minimum absolute atomic E-state index is 0.00251. The second-order valence-electron chi connectivity index (χ2n) is 5.90. The van der Waals surface area contributed by atoms with E-state index in [1.54, 1.807) is 32.0 Å². The Balaban J connectivity index is 2.05. The Bertz CT molecular complexity index is 868. The van der Waals surface area contributed by atoms with Crippen molar-refractivity contribution in [1.82, 2.24) is 10.2 Å². The van der Waals surface area contributed by atoms with E-state index in [0.29, 0.717) is 22.3 Å². The van der Waals surface area contributed by atoms with Crippen molar-refractivity contribution in [1.29, 1.82) is 0 Å². The number of hydrogen-bond donors (Lipinski definition) is 1. The summed E-state index contributed by atoms with van der Waals surface area (Å²) in [7, 11) is 1.51. The fraction of sp³-hybridized carbons (Fsp3) is 0.312. The third-order valence-corrected chi connectivity index (χ3v) is 3.81. The number of carbonyl (C=O) groups is 2. The van der Waals surface area contributed by atoms with Crippen LogP contribution in [-0.2, 0) is 11.3 Å². The number of carbonyl (C=O) groups excluding carboxylic acids is 2. The highest BCUT2D eigenvalue weighted by Gasteiger charge is 2.44. The number of hydrogen-bond acceptors (Lipinski definition) is 5. The van der Waals surface area contributed by atoms with E-state index in [2.05, 4.69) is 5.32 Å². The molecule has 1 fully saturated rings. The SMILES string of the molecule is COc1ccc2c(CN3C(=O)NC(C)(C)C3=O)cc(=O)oc2c1. The first kappa shape index (κ1) is 15.1. The summed E-state index contributed by atoms with van der Waals surface area (Å²) in [5, 5.41) is 3.26. The molecule has 0 aliphatic carbocycles. The Labute approximate surface area is 131 Å². The molecule has 7 heteroatoms. The van der Waals surface area contributed by atoms with Crippen molar-refractivity contribution >= 4 is 22.9 Å². The lowest BCUT2D eigenvalue weighted by atomic mass is 10.1. The predicted octanol–water partition coefficient (Wildman–Crippen LogP) is 1.63. The van der Waals surface area contributed by atoms with Crippen LogP contribution in [0.25, 0.3) is 11.0 Å². The number of methoxy groups -OCH3 is 1. The topological polar surface area (TPSA) is 88.9 Å². The first-order valence-electron chi connectivity index (χ1n) is 7.07. The van der Waals surface area contributed by atoms with E-state index in [4.69, 9.17) is 9.15 Å². The Kier molecular flexibility index (Phi) is 3.35. The molecule has 1 aromatic carbocycles. The Morgan fingerprint density at radius 1 is 1.22 bits per heavy atom. The normalized spacial score (nSPS) is 16.7. The molecule has 0 saturated carbocycles. The van der Waals surface area contributed by atoms with Crippen molar-refractivity contribution in [3.63, 3.8) is 0 Å². The third kappa shape index (κ3) is 2.54. The largest absolute Gasteiger partial charge is 0.497 e. The molecule has 0 unspecified atom stereocenters. The highest BCUT2D eigenvalue weighted by molar-refractivity contribution is 6.06. The van der Waals surface area contributed by atoms with Gasteiger partial charge < -0.3 is 14.5 Å². The summed E-state index contributed by atoms with van der Waals surface area (Å²) in [6, 6.07) is 5.86. The van der Waals surface area contributed by atoms with E-state index in [-0.39, 0.29) is 12.5 Å². The lowest BCUT2D eigenvalue weighted by molar-refractivity contribution is -0.130. The summed E-state index contributed by atoms with van der Waals surface area (Å²) >= 11 is 0. The average Bonchev–Trinajstić information content (AvgIpc) is 2.68. The quantitative estimate of drug-likeness (QED) is 0.687. The second kappa shape index (κ2) is 5.12. The van der Waals surface area contributed by atoms with Crippen molar-refractivity contribution in [2.75, 3.05) is 7.11 Å². The molecule has 1 N–H and O–H groups in total. The van der Waals surface area contributed by atoms with Gasteiger partial charge in [-0.25, -0.2) is 9.59 Å². The van der Waals surface area contributed by atoms with Crippen LogP contribution in [0.4, 0.5) is 4.79 Å². The smallest absolute Gasteiger partial charge is 0.336 e. The highest BCUT2D eigenvalue weighted by atomic mass is 16.5. The molecular weight excluding hydrogens is 300 g/mol. The highest BCUT2D eigenvalue weighted by Crippen LogP contribution is 2.25. The van der Waals surface area contributed by atoms with E-state index in [1.807, 2.05) is 0 Å². The van der Waals surface area contributed by atoms with Crippen molar-refractivity contribution in [2.24, 2.45) is 0 Å². The standard InChI is InChI=1S/C16H16N2O5/c1-16(2)14(20)18(15(21)17-16)8-9-6-13(19)23-12-7-10(22-3)4-5-11(9)12/h4-7H,8H2,1-3H3,(H,17,21). The number of ether oxygens (including phenoxy) is 1. The van der Waals surface area contributed by atoms with Gasteiger partial charge in [-0.3, -0.25) is 9.69 Å². The fourth-order valence-electron chi connectivity index (χ4n) is 2.60. The molecule has 0 bridgehead atoms. The lowest BCUT2D eigenvalue weighted by Crippen LogP contribution is -2.40. The van der Waals surface area contributed by atoms with Crippen LogP contribution in [0.5, 0.6) is 5.75 Å². The summed E-state index contributed by atoms with van der Waals surface area (Å²) < 4.78 is 10.3. The molecule has 1 aromatic heterocycles. The van der Waals surface area contributed by atoms with E-state index in [9.17, 15) is 14.4 Å². The maximum absolute atomic E-state index is 12.3. The van der Waals surface area contributed by atoms with Crippen LogP contribution in [0.3, 0.4) is 0 Å². The number of nitrogens with zero attached hydrogens (tertiary/aromatic N) is 1. The van der Waals surface area contributed by atoms with Crippen LogP contribution >= 0.6 is 0 Å². The summed E-state index contributed by atoms with van der Waals surface area (Å²) in [4.78, 5) is 37.1. The van der Waals surface area contributed by atoms with Crippen LogP contribution < -0.4 is 15.7 Å². The van der Waals surface area contributed by atoms with Crippen LogP contribution in [-0.4, -0.2) is 29.5 Å². The second-order valence-corrected chi connectivity index (χ2v) is 5.90. The van der Waals surface area contributed by atoms with Crippen LogP contribution in [0.2, 0.25) is 0 Å². The molecule has 3 amide bonds. The molecule has 0 radical (unpaired) electrons. The van der Waals surface area contributed by atoms with Gasteiger partial charge in [0, 0.05) is 17.5 Å². The number of amides is 3. The summed E-state index contributed by atoms with van der Waals surface area (Å²) in [5.41, 5.74) is -0.611. The minimum Gasteiger partial charge on any atom is -0.497 e. The molecule has 0 atom stereocenters. The van der Waals surface area contributed by atoms with Gasteiger partial charge >= 0.3 is 11.7 Å². The van der Waals surface area contributed by atoms with Gasteiger partial charge in [0.05, 0.1) is 13.7 Å². The van der Waals surface area contributed by atoms with Gasteiger partial charge in [0.2, 0.25) is 0 Å². The Hall–Kier alpha value is -2.83. The van der Waals surface area contributed by atoms with Gasteiger partial charge in [0.15, 0.2) is 0 Å². The van der Waals surface area contributed by atoms with Crippen molar-refractivity contribution in [3.05, 3.63) is 40.2 Å². The molecule has 2 aromatic rings. The fourth-order valence-corrected chi connectivity index (χ4v) is 2.60. The van der Waals surface area contributed by atoms with E-state index >= 15 is 0 Å². The maximum Gasteiger partial charge on any atom is 0.336 e. The number of urea groups is 1. The number of nitrogens with one attached hydrogen (secondary N) is 1. The number of imide groups is 1. The Morgan fingerprint density at radius 2 is 1.96 bits per heavy atom. The molecule has 0 spiro atoms. The molecule has 1 aliphatic heterocycles. The third-order valence-electron chi connectivity index (χ3n) is 3.81. The van der Waals surface area contributed by atoms with Gasteiger partial charge in [0.1, 0.15) is 16.9 Å². The number of benzene rings is 1. The molecule has 2 heterocycles. The Morgan fingerprint density at radius 3 is 2.57 bits per heavy atom. The molecular formula is C16H16N2O5. The van der Waals surface area contributed by atoms with Crippen molar-refractivity contribution in [3.8, 4) is 5.75 Å². The van der Waals surface area contributed by atoms with Gasteiger partial charge in [-0.2, -0.15) is 0 Å². The molecule has 1 aliphatic rings. The first-order valence-corrected chi connectivity index (χ1v) is 7.07. The summed E-state index contributed by atoms with van der Waals surface area (Å²) in [6.07, 6.45) is 0. The van der Waals surface area contributed by atoms with Gasteiger partial charge in [-0.1, -0.05) is 0 Å². The predicted molar refractivity (Wildman–Crippen MR) is 82.2 cm³/mol. The zero-order valence-corrected chi connectivity index (χ0v) is 13.0. The van der Waals surface area contributed by atoms with E-state index < -0.39 is 17.2 Å². The zero-order valence-electron chi connectivity index (χ0n) is 13.0. The van der Waals surface area contributed by atoms with Crippen molar-refractivity contribution in [2.45, 2.75) is 25.9 Å². The molecule has 120 valence electrons. The number of fused-ring (bicyclic) bond motifs is 1. The van der Waals surface area contributed by atoms with Gasteiger partial charge in [-0.05, 0) is 31.5 Å². The number of rotatable bonds is 3. The maximum atomic E-state index is 12.3. The monoisotopic (exact) mass is 316 g/mol. The average molecular weight is 316 g/mol. The summed E-state index contributed by atoms with van der Waals surface area (Å²) in [5.74, 6) is 0.214. The van der Waals surface area contributed by atoms with Crippen LogP contribution in [0, 0.1) is 0 Å². The first-order chi connectivity index (χ1) is 10.8. The van der Waals surface area contributed by atoms with Crippen LogP contribution in [0.15, 0.2) is 33.5 Å².